The zero-order chi connectivity index (χ0) is 18.8. The average Bonchev–Trinajstić information content (AvgIpc) is 3.02. The SMILES string of the molecule is Cc1ccc(Cn2nc(C3CCCNC3)n(-c3ccccc3)c2=O)cc1C. The Morgan fingerprint density at radius 2 is 1.93 bits per heavy atom. The van der Waals surface area contributed by atoms with Crippen LogP contribution in [0.3, 0.4) is 0 Å². The molecule has 1 saturated heterocycles. The molecule has 0 bridgehead atoms. The molecule has 5 heteroatoms. The van der Waals surface area contributed by atoms with Gasteiger partial charge in [-0.1, -0.05) is 36.4 Å². The van der Waals surface area contributed by atoms with Gasteiger partial charge in [0.15, 0.2) is 0 Å². The second-order valence-electron chi connectivity index (χ2n) is 7.43. The minimum atomic E-state index is -0.0694. The molecule has 0 radical (unpaired) electrons. The lowest BCUT2D eigenvalue weighted by Crippen LogP contribution is -2.31. The largest absolute Gasteiger partial charge is 0.350 e. The summed E-state index contributed by atoms with van der Waals surface area (Å²) in [4.78, 5) is 13.2. The molecule has 2 aromatic carbocycles. The lowest BCUT2D eigenvalue weighted by molar-refractivity contribution is 0.439. The zero-order valence-electron chi connectivity index (χ0n) is 16.0. The standard InChI is InChI=1S/C22H26N4O/c1-16-10-11-18(13-17(16)2)15-25-22(27)26(20-8-4-3-5-9-20)21(24-25)19-7-6-12-23-14-19/h3-5,8-11,13,19,23H,6-7,12,14-15H2,1-2H3. The maximum atomic E-state index is 13.2. The first-order valence-corrected chi connectivity index (χ1v) is 9.65. The van der Waals surface area contributed by atoms with Crippen molar-refractivity contribution >= 4 is 0 Å². The van der Waals surface area contributed by atoms with Gasteiger partial charge in [0, 0.05) is 12.5 Å². The molecule has 1 aromatic heterocycles. The second-order valence-corrected chi connectivity index (χ2v) is 7.43. The van der Waals surface area contributed by atoms with E-state index in [2.05, 4.69) is 37.4 Å². The van der Waals surface area contributed by atoms with Crippen molar-refractivity contribution in [2.75, 3.05) is 13.1 Å². The van der Waals surface area contributed by atoms with Crippen LogP contribution in [0.1, 0.15) is 41.3 Å². The van der Waals surface area contributed by atoms with Crippen molar-refractivity contribution in [2.45, 2.75) is 39.2 Å². The van der Waals surface area contributed by atoms with Crippen molar-refractivity contribution in [2.24, 2.45) is 0 Å². The van der Waals surface area contributed by atoms with Crippen LogP contribution in [0, 0.1) is 13.8 Å². The van der Waals surface area contributed by atoms with E-state index in [1.54, 1.807) is 9.25 Å². The van der Waals surface area contributed by atoms with Gasteiger partial charge in [0.1, 0.15) is 5.82 Å². The first-order valence-electron chi connectivity index (χ1n) is 9.65. The van der Waals surface area contributed by atoms with E-state index >= 15 is 0 Å². The number of hydrogen-bond donors (Lipinski definition) is 1. The lowest BCUT2D eigenvalue weighted by Gasteiger charge is -2.22. The molecule has 140 valence electrons. The number of benzene rings is 2. The van der Waals surface area contributed by atoms with Gasteiger partial charge in [0.25, 0.3) is 0 Å². The Labute approximate surface area is 159 Å². The Bertz CT molecular complexity index is 981. The van der Waals surface area contributed by atoms with Gasteiger partial charge in [-0.3, -0.25) is 0 Å². The highest BCUT2D eigenvalue weighted by Crippen LogP contribution is 2.23. The van der Waals surface area contributed by atoms with Gasteiger partial charge < -0.3 is 5.32 Å². The molecule has 2 heterocycles. The van der Waals surface area contributed by atoms with Crippen LogP contribution >= 0.6 is 0 Å². The Morgan fingerprint density at radius 3 is 2.63 bits per heavy atom. The minimum absolute atomic E-state index is 0.0694. The van der Waals surface area contributed by atoms with Gasteiger partial charge in [0.05, 0.1) is 12.2 Å². The number of aromatic nitrogens is 3. The van der Waals surface area contributed by atoms with Crippen LogP contribution in [0.15, 0.2) is 53.3 Å². The molecular weight excluding hydrogens is 336 g/mol. The molecule has 1 aliphatic heterocycles. The molecule has 0 spiro atoms. The Balaban J connectivity index is 1.77. The minimum Gasteiger partial charge on any atom is -0.316 e. The maximum absolute atomic E-state index is 13.2. The summed E-state index contributed by atoms with van der Waals surface area (Å²) in [6.07, 6.45) is 2.16. The van der Waals surface area contributed by atoms with Crippen LogP contribution in [-0.2, 0) is 6.54 Å². The van der Waals surface area contributed by atoms with E-state index in [0.717, 1.165) is 43.0 Å². The van der Waals surface area contributed by atoms with Crippen molar-refractivity contribution in [1.29, 1.82) is 0 Å². The Kier molecular flexibility index (Phi) is 4.94. The molecule has 0 aliphatic carbocycles. The highest BCUT2D eigenvalue weighted by atomic mass is 16.2. The number of nitrogens with zero attached hydrogens (tertiary/aromatic N) is 3. The second kappa shape index (κ2) is 7.53. The van der Waals surface area contributed by atoms with Crippen molar-refractivity contribution in [3.8, 4) is 5.69 Å². The van der Waals surface area contributed by atoms with Crippen LogP contribution in [0.5, 0.6) is 0 Å². The molecule has 1 aliphatic rings. The van der Waals surface area contributed by atoms with E-state index in [1.807, 2.05) is 30.3 Å². The van der Waals surface area contributed by atoms with Crippen LogP contribution < -0.4 is 11.0 Å². The fourth-order valence-corrected chi connectivity index (χ4v) is 3.76. The van der Waals surface area contributed by atoms with E-state index in [0.29, 0.717) is 6.54 Å². The molecule has 0 saturated carbocycles. The van der Waals surface area contributed by atoms with Crippen LogP contribution in [-0.4, -0.2) is 27.4 Å². The summed E-state index contributed by atoms with van der Waals surface area (Å²) in [6, 6.07) is 16.2. The molecule has 0 amide bonds. The van der Waals surface area contributed by atoms with Crippen molar-refractivity contribution in [1.82, 2.24) is 19.7 Å². The van der Waals surface area contributed by atoms with Gasteiger partial charge in [-0.15, -0.1) is 0 Å². The number of piperidine rings is 1. The van der Waals surface area contributed by atoms with Gasteiger partial charge in [0.2, 0.25) is 0 Å². The van der Waals surface area contributed by atoms with E-state index in [4.69, 9.17) is 5.10 Å². The fraction of sp³-hybridized carbons (Fsp3) is 0.364. The normalized spacial score (nSPS) is 17.2. The van der Waals surface area contributed by atoms with E-state index in [9.17, 15) is 4.79 Å². The molecule has 27 heavy (non-hydrogen) atoms. The highest BCUT2D eigenvalue weighted by molar-refractivity contribution is 5.34. The third-order valence-corrected chi connectivity index (χ3v) is 5.44. The molecule has 4 rings (SSSR count). The predicted octanol–water partition coefficient (Wildman–Crippen LogP) is 3.17. The quantitative estimate of drug-likeness (QED) is 0.776. The Hall–Kier alpha value is -2.66. The monoisotopic (exact) mass is 362 g/mol. The van der Waals surface area contributed by atoms with Crippen LogP contribution in [0.4, 0.5) is 0 Å². The van der Waals surface area contributed by atoms with Crippen LogP contribution in [0.2, 0.25) is 0 Å². The summed E-state index contributed by atoms with van der Waals surface area (Å²) in [7, 11) is 0. The molecule has 1 fully saturated rings. The first-order chi connectivity index (χ1) is 13.1. The number of para-hydroxylation sites is 1. The number of hydrogen-bond acceptors (Lipinski definition) is 3. The maximum Gasteiger partial charge on any atom is 0.350 e. The molecule has 1 atom stereocenters. The van der Waals surface area contributed by atoms with Gasteiger partial charge >= 0.3 is 5.69 Å². The summed E-state index contributed by atoms with van der Waals surface area (Å²) in [5, 5.41) is 8.22. The number of nitrogens with one attached hydrogen (secondary N) is 1. The Morgan fingerprint density at radius 1 is 1.11 bits per heavy atom. The summed E-state index contributed by atoms with van der Waals surface area (Å²) < 4.78 is 3.40. The number of rotatable bonds is 4. The van der Waals surface area contributed by atoms with Crippen LogP contribution in [0.25, 0.3) is 5.69 Å². The van der Waals surface area contributed by atoms with Gasteiger partial charge in [-0.2, -0.15) is 5.10 Å². The molecule has 1 unspecified atom stereocenters. The zero-order valence-corrected chi connectivity index (χ0v) is 16.0. The van der Waals surface area contributed by atoms with E-state index in [-0.39, 0.29) is 11.6 Å². The summed E-state index contributed by atoms with van der Waals surface area (Å²) in [5.74, 6) is 1.12. The molecule has 5 nitrogen and oxygen atoms in total. The van der Waals surface area contributed by atoms with E-state index in [1.165, 1.54) is 11.1 Å². The van der Waals surface area contributed by atoms with Crippen molar-refractivity contribution < 1.29 is 0 Å². The summed E-state index contributed by atoms with van der Waals surface area (Å²) in [6.45, 7) is 6.60. The molecule has 1 N–H and O–H groups in total. The lowest BCUT2D eigenvalue weighted by atomic mass is 9.99. The summed E-state index contributed by atoms with van der Waals surface area (Å²) >= 11 is 0. The fourth-order valence-electron chi connectivity index (χ4n) is 3.76. The van der Waals surface area contributed by atoms with Gasteiger partial charge in [-0.05, 0) is 62.1 Å². The molecule has 3 aromatic rings. The third-order valence-electron chi connectivity index (χ3n) is 5.44. The summed E-state index contributed by atoms with van der Waals surface area (Å²) in [5.41, 5.74) is 4.41. The smallest absolute Gasteiger partial charge is 0.316 e. The predicted molar refractivity (Wildman–Crippen MR) is 108 cm³/mol. The third kappa shape index (κ3) is 3.60. The molecular formula is C22H26N4O. The topological polar surface area (TPSA) is 51.9 Å². The highest BCUT2D eigenvalue weighted by Gasteiger charge is 2.24. The average molecular weight is 362 g/mol. The van der Waals surface area contributed by atoms with Gasteiger partial charge in [-0.25, -0.2) is 14.0 Å². The van der Waals surface area contributed by atoms with Crippen molar-refractivity contribution in [3.63, 3.8) is 0 Å². The number of aryl methyl sites for hydroxylation is 2. The first kappa shape index (κ1) is 17.7. The van der Waals surface area contributed by atoms with Crippen molar-refractivity contribution in [3.05, 3.63) is 81.5 Å². The van der Waals surface area contributed by atoms with E-state index < -0.39 is 0 Å².